The van der Waals surface area contributed by atoms with Crippen LogP contribution in [0.5, 0.6) is 5.75 Å². The lowest BCUT2D eigenvalue weighted by atomic mass is 10.3. The maximum Gasteiger partial charge on any atom is 0.258 e. The molecule has 4 nitrogen and oxygen atoms in total. The molecule has 1 aromatic rings. The number of rotatable bonds is 5. The molecule has 0 aromatic heterocycles. The summed E-state index contributed by atoms with van der Waals surface area (Å²) >= 11 is 0. The molecule has 0 saturated carbocycles. The molecule has 0 spiro atoms. The molecule has 0 fully saturated rings. The maximum atomic E-state index is 11.2. The van der Waals surface area contributed by atoms with E-state index in [1.165, 1.54) is 0 Å². The van der Waals surface area contributed by atoms with Gasteiger partial charge in [0, 0.05) is 6.54 Å². The fourth-order valence-corrected chi connectivity index (χ4v) is 0.978. The Labute approximate surface area is 88.9 Å². The Hall–Kier alpha value is -1.55. The first-order valence-electron chi connectivity index (χ1n) is 4.81. The summed E-state index contributed by atoms with van der Waals surface area (Å²) in [6.07, 6.45) is -0.536. The Morgan fingerprint density at radius 3 is 2.73 bits per heavy atom. The minimum atomic E-state index is -0.536. The molecule has 0 aliphatic heterocycles. The molecule has 1 amide bonds. The Kier molecular flexibility index (Phi) is 4.63. The van der Waals surface area contributed by atoms with E-state index in [9.17, 15) is 4.79 Å². The van der Waals surface area contributed by atoms with E-state index in [1.807, 2.05) is 18.2 Å². The van der Waals surface area contributed by atoms with Crippen LogP contribution in [0.3, 0.4) is 0 Å². The van der Waals surface area contributed by atoms with Gasteiger partial charge in [-0.1, -0.05) is 18.2 Å². The minimum absolute atomic E-state index is 0.0310. The third kappa shape index (κ3) is 5.02. The molecule has 0 aliphatic carbocycles. The van der Waals surface area contributed by atoms with Crippen molar-refractivity contribution in [2.45, 2.75) is 13.0 Å². The van der Waals surface area contributed by atoms with Gasteiger partial charge in [0.25, 0.3) is 5.91 Å². The highest BCUT2D eigenvalue weighted by molar-refractivity contribution is 5.77. The largest absolute Gasteiger partial charge is 0.484 e. The summed E-state index contributed by atoms with van der Waals surface area (Å²) in [7, 11) is 0. The monoisotopic (exact) mass is 209 g/mol. The highest BCUT2D eigenvalue weighted by Gasteiger charge is 2.03. The normalized spacial score (nSPS) is 11.9. The number of aliphatic hydroxyl groups excluding tert-OH is 1. The van der Waals surface area contributed by atoms with Crippen molar-refractivity contribution in [1.82, 2.24) is 5.32 Å². The van der Waals surface area contributed by atoms with Gasteiger partial charge in [-0.25, -0.2) is 0 Å². The number of amides is 1. The second-order valence-corrected chi connectivity index (χ2v) is 3.25. The van der Waals surface area contributed by atoms with Crippen molar-refractivity contribution in [2.24, 2.45) is 0 Å². The van der Waals surface area contributed by atoms with Gasteiger partial charge in [-0.15, -0.1) is 0 Å². The smallest absolute Gasteiger partial charge is 0.258 e. The summed E-state index contributed by atoms with van der Waals surface area (Å²) in [5, 5.41) is 11.5. The Bertz CT molecular complexity index is 298. The second kappa shape index (κ2) is 6.03. The summed E-state index contributed by atoms with van der Waals surface area (Å²) in [4.78, 5) is 11.2. The van der Waals surface area contributed by atoms with Gasteiger partial charge in [0.15, 0.2) is 6.61 Å². The lowest BCUT2D eigenvalue weighted by Crippen LogP contribution is -2.34. The van der Waals surface area contributed by atoms with Crippen LogP contribution in [0.25, 0.3) is 0 Å². The SMILES string of the molecule is C[C@H](O)CNC(=O)COc1ccccc1. The van der Waals surface area contributed by atoms with Crippen molar-refractivity contribution in [3.8, 4) is 5.75 Å². The summed E-state index contributed by atoms with van der Waals surface area (Å²) < 4.78 is 5.21. The number of aliphatic hydroxyl groups is 1. The lowest BCUT2D eigenvalue weighted by Gasteiger charge is -2.08. The van der Waals surface area contributed by atoms with E-state index in [4.69, 9.17) is 9.84 Å². The number of hydrogen-bond donors (Lipinski definition) is 2. The molecule has 82 valence electrons. The van der Waals surface area contributed by atoms with Crippen LogP contribution < -0.4 is 10.1 Å². The fourth-order valence-electron chi connectivity index (χ4n) is 0.978. The minimum Gasteiger partial charge on any atom is -0.484 e. The van der Waals surface area contributed by atoms with E-state index in [2.05, 4.69) is 5.32 Å². The first-order chi connectivity index (χ1) is 7.18. The van der Waals surface area contributed by atoms with Crippen molar-refractivity contribution in [3.05, 3.63) is 30.3 Å². The molecule has 0 bridgehead atoms. The van der Waals surface area contributed by atoms with Gasteiger partial charge in [0.05, 0.1) is 6.10 Å². The average molecular weight is 209 g/mol. The van der Waals surface area contributed by atoms with Crippen LogP contribution in [-0.2, 0) is 4.79 Å². The molecule has 1 rings (SSSR count). The highest BCUT2D eigenvalue weighted by atomic mass is 16.5. The molecular weight excluding hydrogens is 194 g/mol. The molecule has 0 heterocycles. The zero-order valence-corrected chi connectivity index (χ0v) is 8.64. The number of hydrogen-bond acceptors (Lipinski definition) is 3. The maximum absolute atomic E-state index is 11.2. The third-order valence-corrected chi connectivity index (χ3v) is 1.71. The molecule has 1 atom stereocenters. The average Bonchev–Trinajstić information content (AvgIpc) is 2.25. The van der Waals surface area contributed by atoms with Gasteiger partial charge in [-0.3, -0.25) is 4.79 Å². The van der Waals surface area contributed by atoms with Crippen molar-refractivity contribution in [3.63, 3.8) is 0 Å². The first kappa shape index (κ1) is 11.5. The van der Waals surface area contributed by atoms with Crippen molar-refractivity contribution in [1.29, 1.82) is 0 Å². The lowest BCUT2D eigenvalue weighted by molar-refractivity contribution is -0.123. The summed E-state index contributed by atoms with van der Waals surface area (Å²) in [6.45, 7) is 1.83. The summed E-state index contributed by atoms with van der Waals surface area (Å²) in [5.41, 5.74) is 0. The number of carbonyl (C=O) groups excluding carboxylic acids is 1. The van der Waals surface area contributed by atoms with Gasteiger partial charge >= 0.3 is 0 Å². The molecule has 15 heavy (non-hydrogen) atoms. The predicted molar refractivity (Wildman–Crippen MR) is 56.6 cm³/mol. The van der Waals surface area contributed by atoms with Gasteiger partial charge < -0.3 is 15.2 Å². The van der Waals surface area contributed by atoms with Crippen molar-refractivity contribution in [2.75, 3.05) is 13.2 Å². The number of carbonyl (C=O) groups is 1. The molecular formula is C11H15NO3. The van der Waals surface area contributed by atoms with Crippen LogP contribution >= 0.6 is 0 Å². The van der Waals surface area contributed by atoms with Crippen LogP contribution in [0.1, 0.15) is 6.92 Å². The number of benzene rings is 1. The van der Waals surface area contributed by atoms with Gasteiger partial charge in [0.2, 0.25) is 0 Å². The van der Waals surface area contributed by atoms with E-state index in [0.717, 1.165) is 0 Å². The van der Waals surface area contributed by atoms with E-state index >= 15 is 0 Å². The predicted octanol–water partition coefficient (Wildman–Crippen LogP) is 0.562. The van der Waals surface area contributed by atoms with Crippen LogP contribution in [0.15, 0.2) is 30.3 Å². The second-order valence-electron chi connectivity index (χ2n) is 3.25. The molecule has 0 aliphatic rings. The first-order valence-corrected chi connectivity index (χ1v) is 4.81. The van der Waals surface area contributed by atoms with E-state index in [0.29, 0.717) is 5.75 Å². The van der Waals surface area contributed by atoms with Gasteiger partial charge in [-0.2, -0.15) is 0 Å². The summed E-state index contributed by atoms with van der Waals surface area (Å²) in [5.74, 6) is 0.421. The molecule has 0 saturated heterocycles. The highest BCUT2D eigenvalue weighted by Crippen LogP contribution is 2.07. The Morgan fingerprint density at radius 2 is 2.13 bits per heavy atom. The van der Waals surface area contributed by atoms with E-state index in [-0.39, 0.29) is 19.1 Å². The standard InChI is InChI=1S/C11H15NO3/c1-9(13)7-12-11(14)8-15-10-5-3-2-4-6-10/h2-6,9,13H,7-8H2,1H3,(H,12,14)/t9-/m0/s1. The molecule has 2 N–H and O–H groups in total. The fraction of sp³-hybridized carbons (Fsp3) is 0.364. The Morgan fingerprint density at radius 1 is 1.47 bits per heavy atom. The zero-order chi connectivity index (χ0) is 11.1. The van der Waals surface area contributed by atoms with E-state index in [1.54, 1.807) is 19.1 Å². The Balaban J connectivity index is 2.23. The molecule has 0 radical (unpaired) electrons. The molecule has 4 heteroatoms. The van der Waals surface area contributed by atoms with Crippen molar-refractivity contribution < 1.29 is 14.6 Å². The molecule has 1 aromatic carbocycles. The van der Waals surface area contributed by atoms with Crippen LogP contribution in [0.4, 0.5) is 0 Å². The van der Waals surface area contributed by atoms with Crippen LogP contribution in [0.2, 0.25) is 0 Å². The van der Waals surface area contributed by atoms with Crippen LogP contribution in [0, 0.1) is 0 Å². The quantitative estimate of drug-likeness (QED) is 0.745. The van der Waals surface area contributed by atoms with Crippen molar-refractivity contribution >= 4 is 5.91 Å². The zero-order valence-electron chi connectivity index (χ0n) is 8.64. The number of ether oxygens (including phenoxy) is 1. The molecule has 0 unspecified atom stereocenters. The summed E-state index contributed by atoms with van der Waals surface area (Å²) in [6, 6.07) is 9.11. The topological polar surface area (TPSA) is 58.6 Å². The number of nitrogens with one attached hydrogen (secondary N) is 1. The van der Waals surface area contributed by atoms with Crippen LogP contribution in [-0.4, -0.2) is 30.3 Å². The third-order valence-electron chi connectivity index (χ3n) is 1.71. The van der Waals surface area contributed by atoms with Gasteiger partial charge in [0.1, 0.15) is 5.75 Å². The van der Waals surface area contributed by atoms with E-state index < -0.39 is 6.10 Å². The van der Waals surface area contributed by atoms with Gasteiger partial charge in [-0.05, 0) is 19.1 Å². The number of para-hydroxylation sites is 1.